The lowest BCUT2D eigenvalue weighted by Gasteiger charge is -2.06. The Hall–Kier alpha value is -0.120. The highest BCUT2D eigenvalue weighted by Crippen LogP contribution is 1.86. The molecule has 0 unspecified atom stereocenters. The third-order valence-corrected chi connectivity index (χ3v) is 0.747. The van der Waals surface area contributed by atoms with Gasteiger partial charge < -0.3 is 15.2 Å². The predicted octanol–water partition coefficient (Wildman–Crippen LogP) is 0.344. The van der Waals surface area contributed by atoms with Crippen LogP contribution in [0.5, 0.6) is 0 Å². The molecule has 0 saturated carbocycles. The molecule has 0 aliphatic carbocycles. The Morgan fingerprint density at radius 1 is 1.44 bits per heavy atom. The van der Waals surface area contributed by atoms with E-state index in [-0.39, 0.29) is 6.10 Å². The third-order valence-electron chi connectivity index (χ3n) is 0.747. The molecule has 2 N–H and O–H groups in total. The average Bonchev–Trinajstić information content (AvgIpc) is 1.80. The summed E-state index contributed by atoms with van der Waals surface area (Å²) in [6.45, 7) is 5.42. The first kappa shape index (κ1) is 8.88. The lowest BCUT2D eigenvalue weighted by Crippen LogP contribution is -2.12. The van der Waals surface area contributed by atoms with Crippen LogP contribution in [0.1, 0.15) is 13.8 Å². The summed E-state index contributed by atoms with van der Waals surface area (Å²) in [5, 5.41) is 0. The molecule has 0 fully saturated rings. The lowest BCUT2D eigenvalue weighted by molar-refractivity contribution is -0.0760. The normalized spacial score (nSPS) is 10.7. The largest absolute Gasteiger partial charge is 0.354 e. The van der Waals surface area contributed by atoms with Gasteiger partial charge >= 0.3 is 0 Å². The molecule has 56 valence electrons. The fourth-order valence-corrected chi connectivity index (χ4v) is 0.326. The van der Waals surface area contributed by atoms with Crippen molar-refractivity contribution in [2.75, 3.05) is 19.9 Å². The van der Waals surface area contributed by atoms with E-state index in [9.17, 15) is 0 Å². The molecule has 3 nitrogen and oxygen atoms in total. The second-order valence-electron chi connectivity index (χ2n) is 2.03. The Bertz CT molecular complexity index is 57.0. The van der Waals surface area contributed by atoms with Crippen molar-refractivity contribution in [2.24, 2.45) is 5.73 Å². The van der Waals surface area contributed by atoms with Gasteiger partial charge in [0.25, 0.3) is 0 Å². The Kier molecular flexibility index (Phi) is 5.93. The third kappa shape index (κ3) is 7.88. The summed E-state index contributed by atoms with van der Waals surface area (Å²) in [5.74, 6) is 0. The fourth-order valence-electron chi connectivity index (χ4n) is 0.326. The van der Waals surface area contributed by atoms with E-state index in [2.05, 4.69) is 0 Å². The van der Waals surface area contributed by atoms with Gasteiger partial charge in [0.1, 0.15) is 6.79 Å². The summed E-state index contributed by atoms with van der Waals surface area (Å²) in [6.07, 6.45) is 0.239. The number of rotatable bonds is 5. The number of hydrogen-bond acceptors (Lipinski definition) is 3. The molecule has 0 aromatic rings. The predicted molar refractivity (Wildman–Crippen MR) is 36.1 cm³/mol. The zero-order valence-electron chi connectivity index (χ0n) is 6.09. The van der Waals surface area contributed by atoms with Gasteiger partial charge in [0, 0.05) is 6.54 Å². The van der Waals surface area contributed by atoms with Crippen molar-refractivity contribution < 1.29 is 9.47 Å². The van der Waals surface area contributed by atoms with E-state index in [4.69, 9.17) is 15.2 Å². The van der Waals surface area contributed by atoms with E-state index in [1.807, 2.05) is 13.8 Å². The van der Waals surface area contributed by atoms with Crippen molar-refractivity contribution >= 4 is 0 Å². The molecule has 0 aliphatic rings. The molecular formula is C6H15NO2. The lowest BCUT2D eigenvalue weighted by atomic mass is 10.5. The molecule has 0 amide bonds. The van der Waals surface area contributed by atoms with E-state index in [0.717, 1.165) is 0 Å². The molecule has 0 aromatic heterocycles. The van der Waals surface area contributed by atoms with Gasteiger partial charge in [0.05, 0.1) is 12.7 Å². The van der Waals surface area contributed by atoms with Crippen LogP contribution < -0.4 is 5.73 Å². The minimum atomic E-state index is 0.239. The Morgan fingerprint density at radius 2 is 2.11 bits per heavy atom. The van der Waals surface area contributed by atoms with Crippen LogP contribution in [-0.4, -0.2) is 26.0 Å². The smallest absolute Gasteiger partial charge is 0.147 e. The van der Waals surface area contributed by atoms with Crippen molar-refractivity contribution in [1.29, 1.82) is 0 Å². The fraction of sp³-hybridized carbons (Fsp3) is 1.00. The Balaban J connectivity index is 2.75. The molecule has 0 aliphatic heterocycles. The van der Waals surface area contributed by atoms with Gasteiger partial charge in [-0.3, -0.25) is 0 Å². The molecule has 0 rings (SSSR count). The van der Waals surface area contributed by atoms with Crippen molar-refractivity contribution in [3.05, 3.63) is 0 Å². The molecule has 0 spiro atoms. The van der Waals surface area contributed by atoms with Gasteiger partial charge in [0.2, 0.25) is 0 Å². The highest BCUT2D eigenvalue weighted by molar-refractivity contribution is 4.31. The van der Waals surface area contributed by atoms with Crippen LogP contribution >= 0.6 is 0 Å². The standard InChI is InChI=1S/C6H15NO2/c1-6(2)9-5-8-4-3-7/h6H,3-5,7H2,1-2H3. The number of hydrogen-bond donors (Lipinski definition) is 1. The minimum absolute atomic E-state index is 0.239. The van der Waals surface area contributed by atoms with Crippen LogP contribution in [0.2, 0.25) is 0 Å². The summed E-state index contributed by atoms with van der Waals surface area (Å²) >= 11 is 0. The molecule has 0 saturated heterocycles. The van der Waals surface area contributed by atoms with Gasteiger partial charge in [-0.05, 0) is 13.8 Å². The quantitative estimate of drug-likeness (QED) is 0.434. The van der Waals surface area contributed by atoms with E-state index >= 15 is 0 Å². The molecule has 0 aromatic carbocycles. The van der Waals surface area contributed by atoms with Crippen LogP contribution in [0, 0.1) is 0 Å². The monoisotopic (exact) mass is 133 g/mol. The van der Waals surface area contributed by atoms with Gasteiger partial charge in [-0.15, -0.1) is 0 Å². The maximum Gasteiger partial charge on any atom is 0.147 e. The van der Waals surface area contributed by atoms with Crippen molar-refractivity contribution in [2.45, 2.75) is 20.0 Å². The first-order valence-corrected chi connectivity index (χ1v) is 3.16. The molecule has 0 radical (unpaired) electrons. The first-order valence-electron chi connectivity index (χ1n) is 3.16. The van der Waals surface area contributed by atoms with Crippen LogP contribution in [0.4, 0.5) is 0 Å². The van der Waals surface area contributed by atoms with Gasteiger partial charge in [-0.1, -0.05) is 0 Å². The number of nitrogens with two attached hydrogens (primary N) is 1. The average molecular weight is 133 g/mol. The SMILES string of the molecule is CC(C)OCOCCN. The Labute approximate surface area is 56.1 Å². The maximum absolute atomic E-state index is 5.16. The molecule has 0 heterocycles. The van der Waals surface area contributed by atoms with Crippen LogP contribution in [0.3, 0.4) is 0 Å². The van der Waals surface area contributed by atoms with Crippen molar-refractivity contribution in [3.8, 4) is 0 Å². The van der Waals surface area contributed by atoms with Gasteiger partial charge in [-0.25, -0.2) is 0 Å². The molecule has 3 heteroatoms. The molecular weight excluding hydrogens is 118 g/mol. The van der Waals surface area contributed by atoms with Crippen LogP contribution in [0.15, 0.2) is 0 Å². The highest BCUT2D eigenvalue weighted by Gasteiger charge is 1.90. The molecule has 0 bridgehead atoms. The summed E-state index contributed by atoms with van der Waals surface area (Å²) in [5.41, 5.74) is 5.16. The van der Waals surface area contributed by atoms with E-state index in [1.54, 1.807) is 0 Å². The summed E-state index contributed by atoms with van der Waals surface area (Å²) in [6, 6.07) is 0. The minimum Gasteiger partial charge on any atom is -0.354 e. The number of ether oxygens (including phenoxy) is 2. The highest BCUT2D eigenvalue weighted by atomic mass is 16.7. The van der Waals surface area contributed by atoms with E-state index in [0.29, 0.717) is 19.9 Å². The van der Waals surface area contributed by atoms with Gasteiger partial charge in [-0.2, -0.15) is 0 Å². The summed E-state index contributed by atoms with van der Waals surface area (Å²) < 4.78 is 10.0. The van der Waals surface area contributed by atoms with Gasteiger partial charge in [0.15, 0.2) is 0 Å². The zero-order valence-corrected chi connectivity index (χ0v) is 6.09. The molecule has 0 atom stereocenters. The Morgan fingerprint density at radius 3 is 2.56 bits per heavy atom. The van der Waals surface area contributed by atoms with Crippen molar-refractivity contribution in [3.63, 3.8) is 0 Å². The topological polar surface area (TPSA) is 44.5 Å². The first-order chi connectivity index (χ1) is 4.27. The second kappa shape index (κ2) is 6.01. The maximum atomic E-state index is 5.16. The van der Waals surface area contributed by atoms with Crippen LogP contribution in [0.25, 0.3) is 0 Å². The zero-order chi connectivity index (χ0) is 7.11. The van der Waals surface area contributed by atoms with E-state index in [1.165, 1.54) is 0 Å². The van der Waals surface area contributed by atoms with Crippen LogP contribution in [-0.2, 0) is 9.47 Å². The summed E-state index contributed by atoms with van der Waals surface area (Å²) in [4.78, 5) is 0. The van der Waals surface area contributed by atoms with E-state index < -0.39 is 0 Å². The van der Waals surface area contributed by atoms with Crippen molar-refractivity contribution in [1.82, 2.24) is 0 Å². The molecule has 9 heavy (non-hydrogen) atoms. The second-order valence-corrected chi connectivity index (χ2v) is 2.03. The summed E-state index contributed by atoms with van der Waals surface area (Å²) in [7, 11) is 0.